The van der Waals surface area contributed by atoms with Gasteiger partial charge in [-0.15, -0.1) is 24.0 Å². The highest BCUT2D eigenvalue weighted by Crippen LogP contribution is 2.22. The highest BCUT2D eigenvalue weighted by atomic mass is 127. The molecule has 0 aromatic heterocycles. The third kappa shape index (κ3) is 11.9. The van der Waals surface area contributed by atoms with Crippen molar-refractivity contribution in [3.63, 3.8) is 0 Å². The van der Waals surface area contributed by atoms with E-state index in [-0.39, 0.29) is 29.9 Å². The average molecular weight is 478 g/mol. The molecule has 4 nitrogen and oxygen atoms in total. The van der Waals surface area contributed by atoms with E-state index in [4.69, 9.17) is 0 Å². The maximum atomic E-state index is 12.4. The number of alkyl halides is 3. The first kappa shape index (κ1) is 24.8. The standard InChI is InChI=1S/C17H33F3N4.HI/c1-4-6-7-8-14(3)23-16(21-5-2)22-11-15-9-10-24(12-15)13-17(18,19)20;/h14-15H,4-13H2,1-3H3,(H2,21,22,23);1H. The Hall–Kier alpha value is -0.250. The maximum Gasteiger partial charge on any atom is 0.401 e. The number of aliphatic imine (C=N–C) groups is 1. The topological polar surface area (TPSA) is 39.7 Å². The maximum absolute atomic E-state index is 12.4. The Kier molecular flexibility index (Phi) is 12.9. The minimum absolute atomic E-state index is 0. The molecule has 0 aromatic rings. The van der Waals surface area contributed by atoms with E-state index in [1.807, 2.05) is 6.92 Å². The molecule has 2 N–H and O–H groups in total. The van der Waals surface area contributed by atoms with Crippen LogP contribution < -0.4 is 10.6 Å². The highest BCUT2D eigenvalue weighted by Gasteiger charge is 2.34. The van der Waals surface area contributed by atoms with Crippen molar-refractivity contribution in [1.29, 1.82) is 0 Å². The quantitative estimate of drug-likeness (QED) is 0.228. The number of likely N-dealkylation sites (tertiary alicyclic amines) is 1. The van der Waals surface area contributed by atoms with Crippen molar-refractivity contribution in [2.24, 2.45) is 10.9 Å². The number of guanidine groups is 1. The minimum atomic E-state index is -4.11. The normalized spacial score (nSPS) is 20.2. The van der Waals surface area contributed by atoms with Gasteiger partial charge in [0.1, 0.15) is 0 Å². The summed E-state index contributed by atoms with van der Waals surface area (Å²) in [6, 6.07) is 0.347. The first-order valence-electron chi connectivity index (χ1n) is 9.18. The molecular weight excluding hydrogens is 444 g/mol. The summed E-state index contributed by atoms with van der Waals surface area (Å²) in [4.78, 5) is 6.06. The molecule has 0 aromatic carbocycles. The predicted octanol–water partition coefficient (Wildman–Crippen LogP) is 4.01. The molecule has 2 unspecified atom stereocenters. The van der Waals surface area contributed by atoms with Gasteiger partial charge in [-0.25, -0.2) is 0 Å². The Labute approximate surface area is 167 Å². The molecule has 1 rings (SSSR count). The zero-order valence-corrected chi connectivity index (χ0v) is 18.0. The second-order valence-corrected chi connectivity index (χ2v) is 6.77. The van der Waals surface area contributed by atoms with Crippen molar-refractivity contribution in [3.05, 3.63) is 0 Å². The number of unbranched alkanes of at least 4 members (excludes halogenated alkanes) is 2. The van der Waals surface area contributed by atoms with Crippen LogP contribution in [0.1, 0.15) is 52.9 Å². The second-order valence-electron chi connectivity index (χ2n) is 6.77. The van der Waals surface area contributed by atoms with Crippen molar-refractivity contribution in [1.82, 2.24) is 15.5 Å². The molecule has 1 aliphatic heterocycles. The van der Waals surface area contributed by atoms with E-state index in [0.29, 0.717) is 25.7 Å². The van der Waals surface area contributed by atoms with Crippen LogP contribution in [0.4, 0.5) is 13.2 Å². The molecule has 0 aliphatic carbocycles. The van der Waals surface area contributed by atoms with E-state index in [2.05, 4.69) is 29.5 Å². The summed E-state index contributed by atoms with van der Waals surface area (Å²) in [7, 11) is 0. The van der Waals surface area contributed by atoms with Crippen LogP contribution in [0.5, 0.6) is 0 Å². The Morgan fingerprint density at radius 3 is 2.60 bits per heavy atom. The minimum Gasteiger partial charge on any atom is -0.357 e. The average Bonchev–Trinajstić information content (AvgIpc) is 2.90. The molecule has 1 saturated heterocycles. The van der Waals surface area contributed by atoms with E-state index in [9.17, 15) is 13.2 Å². The van der Waals surface area contributed by atoms with Gasteiger partial charge in [0.15, 0.2) is 5.96 Å². The SMILES string of the molecule is CCCCCC(C)NC(=NCC1CCN(CC(F)(F)F)C1)NCC.I. The van der Waals surface area contributed by atoms with E-state index < -0.39 is 12.7 Å². The number of nitrogens with one attached hydrogen (secondary N) is 2. The fourth-order valence-corrected chi connectivity index (χ4v) is 3.01. The number of nitrogens with zero attached hydrogens (tertiary/aromatic N) is 2. The Bertz CT molecular complexity index is 377. The molecule has 150 valence electrons. The Balaban J connectivity index is 0.00000576. The molecule has 1 aliphatic rings. The van der Waals surface area contributed by atoms with Gasteiger partial charge < -0.3 is 10.6 Å². The molecule has 0 radical (unpaired) electrons. The van der Waals surface area contributed by atoms with Gasteiger partial charge in [0.05, 0.1) is 6.54 Å². The summed E-state index contributed by atoms with van der Waals surface area (Å²) in [5.41, 5.74) is 0. The summed E-state index contributed by atoms with van der Waals surface area (Å²) in [6.07, 6.45) is 1.40. The van der Waals surface area contributed by atoms with E-state index in [1.165, 1.54) is 24.2 Å². The molecule has 8 heteroatoms. The summed E-state index contributed by atoms with van der Waals surface area (Å²) >= 11 is 0. The van der Waals surface area contributed by atoms with Crippen LogP contribution in [0.15, 0.2) is 4.99 Å². The molecule has 0 bridgehead atoms. The van der Waals surface area contributed by atoms with Crippen LogP contribution in [0.25, 0.3) is 0 Å². The first-order chi connectivity index (χ1) is 11.3. The highest BCUT2D eigenvalue weighted by molar-refractivity contribution is 14.0. The van der Waals surface area contributed by atoms with Gasteiger partial charge in [0, 0.05) is 25.7 Å². The van der Waals surface area contributed by atoms with Crippen LogP contribution in [0, 0.1) is 5.92 Å². The third-order valence-corrected chi connectivity index (χ3v) is 4.25. The smallest absolute Gasteiger partial charge is 0.357 e. The fraction of sp³-hybridized carbons (Fsp3) is 0.941. The van der Waals surface area contributed by atoms with Gasteiger partial charge in [0.2, 0.25) is 0 Å². The van der Waals surface area contributed by atoms with Crippen LogP contribution in [0.2, 0.25) is 0 Å². The second kappa shape index (κ2) is 13.0. The van der Waals surface area contributed by atoms with Crippen LogP contribution in [0.3, 0.4) is 0 Å². The molecule has 0 spiro atoms. The molecular formula is C17H34F3IN4. The lowest BCUT2D eigenvalue weighted by molar-refractivity contribution is -0.143. The van der Waals surface area contributed by atoms with Crippen LogP contribution in [-0.2, 0) is 0 Å². The molecule has 0 amide bonds. The first-order valence-corrected chi connectivity index (χ1v) is 9.18. The van der Waals surface area contributed by atoms with Crippen molar-refractivity contribution < 1.29 is 13.2 Å². The van der Waals surface area contributed by atoms with Gasteiger partial charge in [-0.05, 0) is 39.2 Å². The van der Waals surface area contributed by atoms with E-state index in [0.717, 1.165) is 25.3 Å². The molecule has 2 atom stereocenters. The molecule has 25 heavy (non-hydrogen) atoms. The van der Waals surface area contributed by atoms with Crippen LogP contribution in [-0.4, -0.2) is 55.8 Å². The van der Waals surface area contributed by atoms with E-state index >= 15 is 0 Å². The Morgan fingerprint density at radius 1 is 1.28 bits per heavy atom. The lowest BCUT2D eigenvalue weighted by Gasteiger charge is -2.19. The van der Waals surface area contributed by atoms with Crippen molar-refractivity contribution in [2.75, 3.05) is 32.7 Å². The fourth-order valence-electron chi connectivity index (χ4n) is 3.01. The molecule has 0 saturated carbocycles. The summed E-state index contributed by atoms with van der Waals surface area (Å²) in [5, 5.41) is 6.62. The zero-order valence-electron chi connectivity index (χ0n) is 15.7. The number of hydrogen-bond acceptors (Lipinski definition) is 2. The summed E-state index contributed by atoms with van der Waals surface area (Å²) < 4.78 is 37.3. The monoisotopic (exact) mass is 478 g/mol. The molecule has 1 heterocycles. The summed E-state index contributed by atoms with van der Waals surface area (Å²) in [6.45, 7) is 7.88. The van der Waals surface area contributed by atoms with Crippen LogP contribution >= 0.6 is 24.0 Å². The zero-order chi connectivity index (χ0) is 18.0. The van der Waals surface area contributed by atoms with Gasteiger partial charge in [-0.1, -0.05) is 26.2 Å². The predicted molar refractivity (Wildman–Crippen MR) is 109 cm³/mol. The molecule has 1 fully saturated rings. The lowest BCUT2D eigenvalue weighted by Crippen LogP contribution is -2.42. The van der Waals surface area contributed by atoms with Gasteiger partial charge in [0.25, 0.3) is 0 Å². The van der Waals surface area contributed by atoms with Gasteiger partial charge in [-0.2, -0.15) is 13.2 Å². The Morgan fingerprint density at radius 2 is 2.00 bits per heavy atom. The third-order valence-electron chi connectivity index (χ3n) is 4.25. The van der Waals surface area contributed by atoms with Crippen molar-refractivity contribution >= 4 is 29.9 Å². The number of halogens is 4. The van der Waals surface area contributed by atoms with Crippen molar-refractivity contribution in [3.8, 4) is 0 Å². The lowest BCUT2D eigenvalue weighted by atomic mass is 10.1. The van der Waals surface area contributed by atoms with Crippen molar-refractivity contribution in [2.45, 2.75) is 65.1 Å². The largest absolute Gasteiger partial charge is 0.401 e. The number of rotatable bonds is 9. The van der Waals surface area contributed by atoms with Gasteiger partial charge >= 0.3 is 6.18 Å². The van der Waals surface area contributed by atoms with Gasteiger partial charge in [-0.3, -0.25) is 9.89 Å². The summed E-state index contributed by atoms with van der Waals surface area (Å²) in [5.74, 6) is 0.981. The van der Waals surface area contributed by atoms with E-state index in [1.54, 1.807) is 0 Å². The number of hydrogen-bond donors (Lipinski definition) is 2.